The predicted molar refractivity (Wildman–Crippen MR) is 136 cm³/mol. The molecule has 0 spiro atoms. The number of nitrogens with zero attached hydrogens (tertiary/aromatic N) is 3. The molecule has 1 fully saturated rings. The summed E-state index contributed by atoms with van der Waals surface area (Å²) in [5.74, 6) is 1.75. The quantitative estimate of drug-likeness (QED) is 0.254. The molecule has 1 aliphatic heterocycles. The van der Waals surface area contributed by atoms with Crippen LogP contribution in [-0.4, -0.2) is 28.2 Å². The summed E-state index contributed by atoms with van der Waals surface area (Å²) < 4.78 is 22.6. The van der Waals surface area contributed by atoms with Crippen LogP contribution in [0.25, 0.3) is 11.3 Å². The molecule has 0 N–H and O–H groups in total. The van der Waals surface area contributed by atoms with Crippen LogP contribution in [0.5, 0.6) is 17.5 Å². The molecule has 0 saturated heterocycles. The van der Waals surface area contributed by atoms with E-state index in [1.165, 1.54) is 7.11 Å². The Morgan fingerprint density at radius 2 is 1.92 bits per heavy atom. The van der Waals surface area contributed by atoms with E-state index in [0.29, 0.717) is 62.8 Å². The van der Waals surface area contributed by atoms with Gasteiger partial charge >= 0.3 is 12.0 Å². The second kappa shape index (κ2) is 9.68. The van der Waals surface area contributed by atoms with Gasteiger partial charge in [-0.1, -0.05) is 40.5 Å². The van der Waals surface area contributed by atoms with E-state index < -0.39 is 5.97 Å². The topological polar surface area (TPSA) is 96.6 Å². The molecule has 0 unspecified atom stereocenters. The Morgan fingerprint density at radius 3 is 2.68 bits per heavy atom. The maximum absolute atomic E-state index is 11.9. The van der Waals surface area contributed by atoms with Crippen LogP contribution in [0.4, 0.5) is 0 Å². The number of hydrogen-bond acceptors (Lipinski definition) is 8. The first kappa shape index (κ1) is 23.8. The number of aryl methyl sites for hydroxylation is 2. The van der Waals surface area contributed by atoms with E-state index in [1.54, 1.807) is 36.5 Å². The van der Waals surface area contributed by atoms with E-state index >= 15 is 0 Å². The SMILES string of the molecule is COC(=O)c1ccc2c(c1)Oc1cnc(OCc3c(-c4c(Cl)cccc4Cl)noc3C3CC3)nc1CC2. The molecule has 6 rings (SSSR count). The lowest BCUT2D eigenvalue weighted by Crippen LogP contribution is -2.05. The third kappa shape index (κ3) is 4.63. The Labute approximate surface area is 222 Å². The minimum atomic E-state index is -0.424. The van der Waals surface area contributed by atoms with Gasteiger partial charge in [0.2, 0.25) is 0 Å². The zero-order chi connectivity index (χ0) is 25.5. The van der Waals surface area contributed by atoms with E-state index in [0.717, 1.165) is 29.7 Å². The van der Waals surface area contributed by atoms with Crippen molar-refractivity contribution in [3.63, 3.8) is 0 Å². The number of ether oxygens (including phenoxy) is 3. The van der Waals surface area contributed by atoms with Gasteiger partial charge in [-0.3, -0.25) is 0 Å². The highest BCUT2D eigenvalue weighted by Gasteiger charge is 2.34. The van der Waals surface area contributed by atoms with E-state index in [1.807, 2.05) is 6.07 Å². The maximum Gasteiger partial charge on any atom is 0.337 e. The summed E-state index contributed by atoms with van der Waals surface area (Å²) >= 11 is 12.9. The lowest BCUT2D eigenvalue weighted by Gasteiger charge is -2.11. The molecule has 3 heterocycles. The van der Waals surface area contributed by atoms with Gasteiger partial charge in [0.05, 0.1) is 40.2 Å². The second-order valence-corrected chi connectivity index (χ2v) is 9.73. The van der Waals surface area contributed by atoms with Crippen molar-refractivity contribution < 1.29 is 23.5 Å². The molecule has 0 bridgehead atoms. The number of benzene rings is 2. The fraction of sp³-hybridized carbons (Fsp3) is 0.259. The van der Waals surface area contributed by atoms with Gasteiger partial charge < -0.3 is 18.7 Å². The van der Waals surface area contributed by atoms with Crippen LogP contribution in [0.2, 0.25) is 10.0 Å². The Morgan fingerprint density at radius 1 is 1.11 bits per heavy atom. The highest BCUT2D eigenvalue weighted by molar-refractivity contribution is 6.39. The molecule has 2 aromatic heterocycles. The summed E-state index contributed by atoms with van der Waals surface area (Å²) in [5.41, 5.74) is 4.05. The number of methoxy groups -OCH3 is 1. The summed E-state index contributed by atoms with van der Waals surface area (Å²) in [7, 11) is 1.35. The van der Waals surface area contributed by atoms with Gasteiger partial charge in [0.15, 0.2) is 5.75 Å². The molecule has 2 aromatic carbocycles. The third-order valence-electron chi connectivity index (χ3n) is 6.46. The summed E-state index contributed by atoms with van der Waals surface area (Å²) in [6.45, 7) is 0.147. The van der Waals surface area contributed by atoms with Gasteiger partial charge in [-0.25, -0.2) is 4.79 Å². The molecular formula is C27H21Cl2N3O5. The number of rotatable bonds is 6. The van der Waals surface area contributed by atoms with E-state index in [4.69, 9.17) is 41.9 Å². The Bertz CT molecular complexity index is 1500. The zero-order valence-electron chi connectivity index (χ0n) is 19.8. The minimum absolute atomic E-state index is 0.147. The zero-order valence-corrected chi connectivity index (χ0v) is 21.3. The van der Waals surface area contributed by atoms with Gasteiger partial charge in [-0.05, 0) is 55.5 Å². The molecule has 8 nitrogen and oxygen atoms in total. The molecule has 1 aliphatic carbocycles. The largest absolute Gasteiger partial charge is 0.465 e. The van der Waals surface area contributed by atoms with Crippen molar-refractivity contribution in [2.24, 2.45) is 0 Å². The van der Waals surface area contributed by atoms with Crippen molar-refractivity contribution >= 4 is 29.2 Å². The number of esters is 1. The van der Waals surface area contributed by atoms with Crippen LogP contribution in [0.3, 0.4) is 0 Å². The van der Waals surface area contributed by atoms with E-state index in [9.17, 15) is 4.79 Å². The maximum atomic E-state index is 11.9. The number of carbonyl (C=O) groups is 1. The monoisotopic (exact) mass is 537 g/mol. The van der Waals surface area contributed by atoms with Gasteiger partial charge in [-0.15, -0.1) is 0 Å². The highest BCUT2D eigenvalue weighted by Crippen LogP contribution is 2.46. The summed E-state index contributed by atoms with van der Waals surface area (Å²) in [5, 5.41) is 5.26. The van der Waals surface area contributed by atoms with Gasteiger partial charge in [-0.2, -0.15) is 9.97 Å². The average molecular weight is 538 g/mol. The fourth-order valence-electron chi connectivity index (χ4n) is 4.38. The molecule has 188 valence electrons. The standard InChI is InChI=1S/C27H21Cl2N3O5/c1-34-26(33)16-8-5-14-9-10-20-22(36-21(14)11-16)12-30-27(31-20)35-13-17-24(32-37-25(17)15-6-7-15)23-18(28)3-2-4-19(23)29/h2-5,8,11-12,15H,6-7,9-10,13H2,1H3. The van der Waals surface area contributed by atoms with Crippen molar-refractivity contribution in [1.82, 2.24) is 15.1 Å². The van der Waals surface area contributed by atoms with Crippen molar-refractivity contribution in [3.05, 3.63) is 80.8 Å². The molecule has 1 saturated carbocycles. The van der Waals surface area contributed by atoms with Gasteiger partial charge in [0.25, 0.3) is 0 Å². The van der Waals surface area contributed by atoms with Crippen molar-refractivity contribution in [1.29, 1.82) is 0 Å². The van der Waals surface area contributed by atoms with Crippen LogP contribution >= 0.6 is 23.2 Å². The average Bonchev–Trinajstić information content (AvgIpc) is 3.69. The van der Waals surface area contributed by atoms with Gasteiger partial charge in [0.1, 0.15) is 23.8 Å². The number of carbonyl (C=O) groups excluding carboxylic acids is 1. The molecule has 37 heavy (non-hydrogen) atoms. The van der Waals surface area contributed by atoms with E-state index in [-0.39, 0.29) is 12.6 Å². The Hall–Kier alpha value is -3.62. The second-order valence-electron chi connectivity index (χ2n) is 8.91. The Kier molecular flexibility index (Phi) is 6.22. The van der Waals surface area contributed by atoms with Crippen LogP contribution < -0.4 is 9.47 Å². The molecule has 0 radical (unpaired) electrons. The first-order valence-electron chi connectivity index (χ1n) is 11.8. The third-order valence-corrected chi connectivity index (χ3v) is 7.09. The van der Waals surface area contributed by atoms with Crippen molar-refractivity contribution in [3.8, 4) is 28.8 Å². The molecule has 4 aromatic rings. The summed E-state index contributed by atoms with van der Waals surface area (Å²) in [6, 6.07) is 10.8. The lowest BCUT2D eigenvalue weighted by molar-refractivity contribution is 0.0600. The van der Waals surface area contributed by atoms with E-state index in [2.05, 4.69) is 15.1 Å². The predicted octanol–water partition coefficient (Wildman–Crippen LogP) is 6.57. The van der Waals surface area contributed by atoms with Gasteiger partial charge in [0, 0.05) is 11.5 Å². The number of hydrogen-bond donors (Lipinski definition) is 0. The lowest BCUT2D eigenvalue weighted by atomic mass is 10.0. The minimum Gasteiger partial charge on any atom is -0.465 e. The summed E-state index contributed by atoms with van der Waals surface area (Å²) in [6.07, 6.45) is 4.96. The highest BCUT2D eigenvalue weighted by atomic mass is 35.5. The first-order chi connectivity index (χ1) is 18.0. The van der Waals surface area contributed by atoms with Crippen LogP contribution in [0.15, 0.2) is 47.1 Å². The van der Waals surface area contributed by atoms with Crippen molar-refractivity contribution in [2.75, 3.05) is 7.11 Å². The molecule has 0 atom stereocenters. The van der Waals surface area contributed by atoms with Crippen LogP contribution in [-0.2, 0) is 24.2 Å². The van der Waals surface area contributed by atoms with Crippen LogP contribution in [0, 0.1) is 0 Å². The molecule has 2 aliphatic rings. The molecule has 0 amide bonds. The number of aromatic nitrogens is 3. The smallest absolute Gasteiger partial charge is 0.337 e. The normalized spacial score (nSPS) is 14.2. The van der Waals surface area contributed by atoms with Crippen LogP contribution in [0.1, 0.15) is 51.7 Å². The van der Waals surface area contributed by atoms with Crippen molar-refractivity contribution in [2.45, 2.75) is 38.2 Å². The number of fused-ring (bicyclic) bond motifs is 2. The first-order valence-corrected chi connectivity index (χ1v) is 12.6. The fourth-order valence-corrected chi connectivity index (χ4v) is 4.96. The summed E-state index contributed by atoms with van der Waals surface area (Å²) in [4.78, 5) is 20.9. The molecule has 10 heteroatoms. The Balaban J connectivity index is 1.26. The molecular weight excluding hydrogens is 517 g/mol. The number of halogens is 2.